The van der Waals surface area contributed by atoms with Crippen LogP contribution in [0.5, 0.6) is 0 Å². The number of carboxylic acid groups (broad SMARTS) is 1. The second kappa shape index (κ2) is 8.87. The summed E-state index contributed by atoms with van der Waals surface area (Å²) < 4.78 is 13.2. The lowest BCUT2D eigenvalue weighted by Crippen LogP contribution is -2.40. The van der Waals surface area contributed by atoms with E-state index >= 15 is 0 Å². The number of benzene rings is 4. The maximum Gasteiger partial charge on any atom is 0.335 e. The Morgan fingerprint density at radius 3 is 1.97 bits per heavy atom. The van der Waals surface area contributed by atoms with Gasteiger partial charge in [0.1, 0.15) is 11.4 Å². The molecule has 0 unspecified atom stereocenters. The zero-order valence-electron chi connectivity index (χ0n) is 19.3. The van der Waals surface area contributed by atoms with E-state index in [-0.39, 0.29) is 5.56 Å². The molecule has 0 saturated heterocycles. The second-order valence-corrected chi connectivity index (χ2v) is 8.69. The first kappa shape index (κ1) is 21.9. The average Bonchev–Trinajstić information content (AvgIpc) is 3.44. The number of hydrogen-bond acceptors (Lipinski definition) is 4. The molecule has 36 heavy (non-hydrogen) atoms. The number of carbonyl (C=O) groups is 1. The number of ether oxygens (including phenoxy) is 1. The van der Waals surface area contributed by atoms with Gasteiger partial charge in [0, 0.05) is 16.8 Å². The molecule has 1 atom stereocenters. The minimum atomic E-state index is -0.960. The molecule has 0 radical (unpaired) electrons. The predicted molar refractivity (Wildman–Crippen MR) is 138 cm³/mol. The van der Waals surface area contributed by atoms with E-state index in [2.05, 4.69) is 41.7 Å². The van der Waals surface area contributed by atoms with Gasteiger partial charge in [-0.1, -0.05) is 91.0 Å². The molecule has 1 aliphatic heterocycles. The molecular weight excluding hydrogens is 450 g/mol. The van der Waals surface area contributed by atoms with Crippen LogP contribution >= 0.6 is 0 Å². The van der Waals surface area contributed by atoms with Crippen LogP contribution in [-0.4, -0.2) is 11.1 Å². The van der Waals surface area contributed by atoms with Crippen LogP contribution in [0.15, 0.2) is 126 Å². The molecule has 2 heterocycles. The Balaban J connectivity index is 1.46. The van der Waals surface area contributed by atoms with Crippen LogP contribution in [-0.2, 0) is 10.3 Å². The molecule has 1 aromatic heterocycles. The van der Waals surface area contributed by atoms with Gasteiger partial charge in [-0.2, -0.15) is 0 Å². The molecule has 1 aliphatic rings. The van der Waals surface area contributed by atoms with E-state index in [1.807, 2.05) is 60.7 Å². The molecule has 0 amide bonds. The first-order valence-corrected chi connectivity index (χ1v) is 11.7. The van der Waals surface area contributed by atoms with Crippen molar-refractivity contribution in [3.8, 4) is 11.3 Å². The fourth-order valence-electron chi connectivity index (χ4n) is 4.84. The number of hydrogen-bond donors (Lipinski definition) is 2. The predicted octanol–water partition coefficient (Wildman–Crippen LogP) is 7.08. The van der Waals surface area contributed by atoms with Crippen LogP contribution in [0.1, 0.15) is 39.0 Å². The smallest absolute Gasteiger partial charge is 0.335 e. The minimum Gasteiger partial charge on any atom is -0.478 e. The Kier molecular flexibility index (Phi) is 5.40. The van der Waals surface area contributed by atoms with Gasteiger partial charge in [-0.3, -0.25) is 0 Å². The molecule has 2 N–H and O–H groups in total. The zero-order chi connectivity index (χ0) is 24.5. The van der Waals surface area contributed by atoms with E-state index in [1.165, 1.54) is 0 Å². The lowest BCUT2D eigenvalue weighted by molar-refractivity contribution is -0.0518. The standard InChI is InChI=1S/C31H23NO4/c33-30(34)22-17-15-21(16-18-22)27-19-20-28(35-27)29-32-26-14-8-7-13-25(26)31(36-29,23-9-3-1-4-10-23)24-11-5-2-6-12-24/h1-20,29,32H,(H,33,34)/t29-/m1/s1. The molecule has 5 aromatic rings. The summed E-state index contributed by atoms with van der Waals surface area (Å²) >= 11 is 0. The largest absolute Gasteiger partial charge is 0.478 e. The van der Waals surface area contributed by atoms with Gasteiger partial charge in [-0.15, -0.1) is 0 Å². The summed E-state index contributed by atoms with van der Waals surface area (Å²) in [5.41, 5.74) is 4.19. The third-order valence-corrected chi connectivity index (χ3v) is 6.55. The Hall–Kier alpha value is -4.61. The van der Waals surface area contributed by atoms with Crippen molar-refractivity contribution >= 4 is 11.7 Å². The number of rotatable bonds is 5. The highest BCUT2D eigenvalue weighted by Gasteiger charge is 2.45. The third-order valence-electron chi connectivity index (χ3n) is 6.55. The number of para-hydroxylation sites is 1. The number of aromatic carboxylic acids is 1. The van der Waals surface area contributed by atoms with Crippen LogP contribution < -0.4 is 5.32 Å². The van der Waals surface area contributed by atoms with E-state index in [1.54, 1.807) is 24.3 Å². The SMILES string of the molecule is O=C(O)c1ccc(-c2ccc([C@@H]3Nc4ccccc4C(c4ccccc4)(c4ccccc4)O3)o2)cc1. The quantitative estimate of drug-likeness (QED) is 0.285. The highest BCUT2D eigenvalue weighted by molar-refractivity contribution is 5.88. The molecule has 0 bridgehead atoms. The molecule has 176 valence electrons. The Morgan fingerprint density at radius 1 is 0.722 bits per heavy atom. The van der Waals surface area contributed by atoms with Gasteiger partial charge in [-0.05, 0) is 41.5 Å². The van der Waals surface area contributed by atoms with Crippen LogP contribution in [0.2, 0.25) is 0 Å². The highest BCUT2D eigenvalue weighted by Crippen LogP contribution is 2.50. The van der Waals surface area contributed by atoms with Gasteiger partial charge in [0.2, 0.25) is 0 Å². The Bertz CT molecular complexity index is 1470. The van der Waals surface area contributed by atoms with Crippen molar-refractivity contribution in [2.45, 2.75) is 11.8 Å². The van der Waals surface area contributed by atoms with Crippen molar-refractivity contribution in [3.63, 3.8) is 0 Å². The van der Waals surface area contributed by atoms with E-state index in [9.17, 15) is 9.90 Å². The lowest BCUT2D eigenvalue weighted by Gasteiger charge is -2.43. The maximum absolute atomic E-state index is 11.2. The highest BCUT2D eigenvalue weighted by atomic mass is 16.5. The van der Waals surface area contributed by atoms with E-state index < -0.39 is 17.8 Å². The summed E-state index contributed by atoms with van der Waals surface area (Å²) in [6, 6.07) is 39.0. The molecular formula is C31H23NO4. The van der Waals surface area contributed by atoms with Crippen LogP contribution in [0.25, 0.3) is 11.3 Å². The Labute approximate surface area is 208 Å². The van der Waals surface area contributed by atoms with Crippen LogP contribution in [0.4, 0.5) is 5.69 Å². The molecule has 0 fully saturated rings. The van der Waals surface area contributed by atoms with Gasteiger partial charge in [0.25, 0.3) is 0 Å². The summed E-state index contributed by atoms with van der Waals surface area (Å²) in [6.45, 7) is 0. The zero-order valence-corrected chi connectivity index (χ0v) is 19.3. The molecule has 0 spiro atoms. The Morgan fingerprint density at radius 2 is 1.33 bits per heavy atom. The van der Waals surface area contributed by atoms with Gasteiger partial charge < -0.3 is 19.6 Å². The molecule has 0 aliphatic carbocycles. The van der Waals surface area contributed by atoms with E-state index in [4.69, 9.17) is 9.15 Å². The monoisotopic (exact) mass is 473 g/mol. The van der Waals surface area contributed by atoms with Crippen LogP contribution in [0, 0.1) is 0 Å². The van der Waals surface area contributed by atoms with Crippen molar-refractivity contribution < 1.29 is 19.1 Å². The first-order chi connectivity index (χ1) is 17.6. The normalized spacial score (nSPS) is 16.1. The fourth-order valence-corrected chi connectivity index (χ4v) is 4.84. The summed E-state index contributed by atoms with van der Waals surface area (Å²) in [4.78, 5) is 11.2. The number of anilines is 1. The minimum absolute atomic E-state index is 0.231. The topological polar surface area (TPSA) is 71.7 Å². The van der Waals surface area contributed by atoms with Crippen molar-refractivity contribution in [3.05, 3.63) is 149 Å². The number of fused-ring (bicyclic) bond motifs is 1. The van der Waals surface area contributed by atoms with Crippen molar-refractivity contribution in [2.75, 3.05) is 5.32 Å². The fraction of sp³-hybridized carbons (Fsp3) is 0.0645. The van der Waals surface area contributed by atoms with Crippen LogP contribution in [0.3, 0.4) is 0 Å². The van der Waals surface area contributed by atoms with Gasteiger partial charge in [-0.25, -0.2) is 4.79 Å². The lowest BCUT2D eigenvalue weighted by atomic mass is 9.78. The second-order valence-electron chi connectivity index (χ2n) is 8.69. The third kappa shape index (κ3) is 3.67. The first-order valence-electron chi connectivity index (χ1n) is 11.7. The van der Waals surface area contributed by atoms with E-state index in [0.29, 0.717) is 11.5 Å². The molecule has 5 nitrogen and oxygen atoms in total. The van der Waals surface area contributed by atoms with Crippen molar-refractivity contribution in [1.82, 2.24) is 0 Å². The maximum atomic E-state index is 11.2. The van der Waals surface area contributed by atoms with E-state index in [0.717, 1.165) is 27.9 Å². The number of nitrogens with one attached hydrogen (secondary N) is 1. The van der Waals surface area contributed by atoms with Crippen molar-refractivity contribution in [1.29, 1.82) is 0 Å². The summed E-state index contributed by atoms with van der Waals surface area (Å²) in [7, 11) is 0. The number of furan rings is 1. The molecule has 0 saturated carbocycles. The summed E-state index contributed by atoms with van der Waals surface area (Å²) in [5.74, 6) is 0.299. The average molecular weight is 474 g/mol. The van der Waals surface area contributed by atoms with Gasteiger partial charge in [0.15, 0.2) is 12.0 Å². The van der Waals surface area contributed by atoms with Gasteiger partial charge in [0.05, 0.1) is 5.56 Å². The molecule has 5 heteroatoms. The molecule has 4 aromatic carbocycles. The summed E-state index contributed by atoms with van der Waals surface area (Å²) in [6.07, 6.45) is -0.563. The van der Waals surface area contributed by atoms with Gasteiger partial charge >= 0.3 is 5.97 Å². The molecule has 6 rings (SSSR count). The summed E-state index contributed by atoms with van der Waals surface area (Å²) in [5, 5.41) is 12.7. The van der Waals surface area contributed by atoms with Crippen molar-refractivity contribution in [2.24, 2.45) is 0 Å². The number of carboxylic acids is 1.